The maximum absolute atomic E-state index is 2.50. The lowest BCUT2D eigenvalue weighted by Gasteiger charge is -2.19. The second-order valence-corrected chi connectivity index (χ2v) is 9.75. The van der Waals surface area contributed by atoms with Gasteiger partial charge >= 0.3 is 0 Å². The van der Waals surface area contributed by atoms with Crippen molar-refractivity contribution in [3.05, 3.63) is 72.4 Å². The Labute approximate surface area is 177 Å². The Morgan fingerprint density at radius 1 is 0.800 bits per heavy atom. The number of rotatable bonds is 1. The maximum atomic E-state index is 2.50. The van der Waals surface area contributed by atoms with Gasteiger partial charge in [0, 0.05) is 35.6 Å². The zero-order valence-electron chi connectivity index (χ0n) is 18.0. The highest BCUT2D eigenvalue weighted by molar-refractivity contribution is 5.87. The lowest BCUT2D eigenvalue weighted by Crippen LogP contribution is -2.21. The van der Waals surface area contributed by atoms with Crippen molar-refractivity contribution in [3.63, 3.8) is 0 Å². The molecule has 30 heavy (non-hydrogen) atoms. The smallest absolute Gasteiger partial charge is 0.292 e. The van der Waals surface area contributed by atoms with E-state index in [1.54, 1.807) is 0 Å². The van der Waals surface area contributed by atoms with Gasteiger partial charge in [-0.3, -0.25) is 0 Å². The van der Waals surface area contributed by atoms with Crippen LogP contribution in [-0.4, -0.2) is 17.5 Å². The molecular weight excluding hydrogens is 366 g/mol. The Balaban J connectivity index is 1.59. The molecule has 0 aliphatic carbocycles. The maximum Gasteiger partial charge on any atom is 0.292 e. The third-order valence-corrected chi connectivity index (χ3v) is 6.72. The first-order chi connectivity index (χ1) is 14.5. The highest BCUT2D eigenvalue weighted by Gasteiger charge is 2.20. The lowest BCUT2D eigenvalue weighted by molar-refractivity contribution is -0.479. The van der Waals surface area contributed by atoms with Crippen LogP contribution in [0.2, 0.25) is 0 Å². The fourth-order valence-electron chi connectivity index (χ4n) is 4.99. The zero-order valence-corrected chi connectivity index (χ0v) is 18.0. The largest absolute Gasteiger partial charge is 0.372 e. The van der Waals surface area contributed by atoms with Crippen LogP contribution < -0.4 is 9.30 Å². The van der Waals surface area contributed by atoms with Gasteiger partial charge in [0.2, 0.25) is 0 Å². The predicted molar refractivity (Wildman–Crippen MR) is 126 cm³/mol. The fourth-order valence-corrected chi connectivity index (χ4v) is 4.99. The van der Waals surface area contributed by atoms with Crippen LogP contribution >= 0.6 is 0 Å². The van der Waals surface area contributed by atoms with Crippen LogP contribution in [0.1, 0.15) is 39.2 Å². The summed E-state index contributed by atoms with van der Waals surface area (Å²) in [5.41, 5.74) is 7.83. The second-order valence-electron chi connectivity index (χ2n) is 9.75. The number of benzene rings is 2. The van der Waals surface area contributed by atoms with Gasteiger partial charge in [-0.2, -0.15) is 8.80 Å². The van der Waals surface area contributed by atoms with Crippen molar-refractivity contribution < 1.29 is 4.40 Å². The van der Waals surface area contributed by atoms with Crippen LogP contribution in [0, 0.1) is 0 Å². The first-order valence-electron chi connectivity index (χ1n) is 11.1. The number of aromatic nitrogens is 2. The topological polar surface area (TPSA) is 11.8 Å². The first kappa shape index (κ1) is 17.8. The number of pyridine rings is 2. The van der Waals surface area contributed by atoms with Crippen LogP contribution in [-0.2, 0) is 5.41 Å². The van der Waals surface area contributed by atoms with Crippen LogP contribution in [0.5, 0.6) is 0 Å². The minimum absolute atomic E-state index is 0.153. The lowest BCUT2D eigenvalue weighted by atomic mass is 9.86. The molecule has 2 aromatic carbocycles. The van der Waals surface area contributed by atoms with Gasteiger partial charge in [-0.1, -0.05) is 26.8 Å². The third-order valence-electron chi connectivity index (χ3n) is 6.72. The molecule has 0 saturated carbocycles. The molecule has 3 nitrogen and oxygen atoms in total. The van der Waals surface area contributed by atoms with E-state index in [1.807, 2.05) is 0 Å². The molecule has 3 heteroatoms. The summed E-state index contributed by atoms with van der Waals surface area (Å²) < 4.78 is 4.73. The summed E-state index contributed by atoms with van der Waals surface area (Å²) in [4.78, 5) is 2.50. The van der Waals surface area contributed by atoms with E-state index in [4.69, 9.17) is 0 Å². The highest BCUT2D eigenvalue weighted by Crippen LogP contribution is 2.29. The van der Waals surface area contributed by atoms with Gasteiger partial charge in [-0.05, 0) is 72.4 Å². The molecular formula is C27H28N3+. The van der Waals surface area contributed by atoms with E-state index in [2.05, 4.69) is 101 Å². The number of fused-ring (bicyclic) bond motifs is 7. The monoisotopic (exact) mass is 394 g/mol. The predicted octanol–water partition coefficient (Wildman–Crippen LogP) is 5.88. The number of hydrogen-bond acceptors (Lipinski definition) is 1. The van der Waals surface area contributed by atoms with E-state index < -0.39 is 0 Å². The summed E-state index contributed by atoms with van der Waals surface area (Å²) in [5.74, 6) is 0. The molecule has 0 bridgehead atoms. The second kappa shape index (κ2) is 6.21. The molecule has 0 unspecified atom stereocenters. The molecule has 0 atom stereocenters. The van der Waals surface area contributed by atoms with Crippen molar-refractivity contribution in [3.8, 4) is 0 Å². The van der Waals surface area contributed by atoms with Crippen molar-refractivity contribution >= 4 is 38.7 Å². The minimum atomic E-state index is 0.153. The molecule has 3 aromatic heterocycles. The average molecular weight is 395 g/mol. The molecule has 150 valence electrons. The van der Waals surface area contributed by atoms with Crippen molar-refractivity contribution in [2.75, 3.05) is 18.0 Å². The molecule has 0 spiro atoms. The average Bonchev–Trinajstić information content (AvgIpc) is 3.40. The van der Waals surface area contributed by atoms with E-state index in [-0.39, 0.29) is 5.41 Å². The third kappa shape index (κ3) is 2.61. The number of imidazole rings is 1. The molecule has 4 heterocycles. The molecule has 1 aliphatic heterocycles. The quantitative estimate of drug-likeness (QED) is 0.323. The van der Waals surface area contributed by atoms with Gasteiger partial charge in [0.25, 0.3) is 5.65 Å². The van der Waals surface area contributed by atoms with Gasteiger partial charge in [-0.25, -0.2) is 0 Å². The number of hydrogen-bond donors (Lipinski definition) is 0. The molecule has 0 N–H and O–H groups in total. The van der Waals surface area contributed by atoms with E-state index in [1.165, 1.54) is 70.2 Å². The van der Waals surface area contributed by atoms with Crippen molar-refractivity contribution in [2.24, 2.45) is 0 Å². The summed E-state index contributed by atoms with van der Waals surface area (Å²) in [7, 11) is 0. The summed E-state index contributed by atoms with van der Waals surface area (Å²) in [6.07, 6.45) is 4.88. The minimum Gasteiger partial charge on any atom is -0.372 e. The molecule has 1 saturated heterocycles. The van der Waals surface area contributed by atoms with E-state index in [9.17, 15) is 0 Å². The Morgan fingerprint density at radius 3 is 2.40 bits per heavy atom. The van der Waals surface area contributed by atoms with Crippen LogP contribution in [0.3, 0.4) is 0 Å². The van der Waals surface area contributed by atoms with Crippen molar-refractivity contribution in [2.45, 2.75) is 39.0 Å². The number of nitrogens with zero attached hydrogens (tertiary/aromatic N) is 3. The number of anilines is 1. The Hall–Kier alpha value is -3.07. The summed E-state index contributed by atoms with van der Waals surface area (Å²) in [6.45, 7) is 9.18. The first-order valence-corrected chi connectivity index (χ1v) is 11.1. The molecule has 6 rings (SSSR count). The van der Waals surface area contributed by atoms with E-state index in [0.717, 1.165) is 0 Å². The van der Waals surface area contributed by atoms with E-state index in [0.29, 0.717) is 0 Å². The zero-order chi connectivity index (χ0) is 20.5. The van der Waals surface area contributed by atoms with Gasteiger partial charge in [0.1, 0.15) is 17.2 Å². The van der Waals surface area contributed by atoms with Crippen LogP contribution in [0.15, 0.2) is 66.9 Å². The molecule has 1 aliphatic rings. The normalized spacial score (nSPS) is 15.2. The fraction of sp³-hybridized carbons (Fsp3) is 0.296. The van der Waals surface area contributed by atoms with Gasteiger partial charge in [0.05, 0.1) is 0 Å². The SMILES string of the molecule is CC(C)(C)c1ccc2c(ccc3c[n+]4c5ccc(N6CCCC6)cc5ccc4n32)c1. The van der Waals surface area contributed by atoms with E-state index >= 15 is 0 Å². The highest BCUT2D eigenvalue weighted by atomic mass is 15.1. The van der Waals surface area contributed by atoms with Crippen LogP contribution in [0.4, 0.5) is 5.69 Å². The molecule has 0 amide bonds. The Morgan fingerprint density at radius 2 is 1.60 bits per heavy atom. The van der Waals surface area contributed by atoms with Crippen LogP contribution in [0.25, 0.3) is 33.0 Å². The van der Waals surface area contributed by atoms with Crippen molar-refractivity contribution in [1.29, 1.82) is 0 Å². The Kier molecular flexibility index (Phi) is 3.68. The van der Waals surface area contributed by atoms with Gasteiger partial charge in [0.15, 0.2) is 5.52 Å². The standard InChI is InChI=1S/C27H28N3/c1-27(2,3)21-8-11-25-19(16-21)6-9-23-18-29-24-12-10-22(28-14-4-5-15-28)17-20(24)7-13-26(29)30(23)25/h6-13,16-18H,4-5,14-15H2,1-3H3/q+1. The molecule has 1 fully saturated rings. The van der Waals surface area contributed by atoms with Gasteiger partial charge in [-0.15, -0.1) is 0 Å². The Bertz CT molecular complexity index is 1430. The summed E-state index contributed by atoms with van der Waals surface area (Å²) in [6, 6.07) is 22.9. The molecule has 0 radical (unpaired) electrons. The summed E-state index contributed by atoms with van der Waals surface area (Å²) in [5, 5.41) is 2.59. The van der Waals surface area contributed by atoms with Crippen molar-refractivity contribution in [1.82, 2.24) is 4.40 Å². The molecule has 5 aromatic rings. The van der Waals surface area contributed by atoms with Gasteiger partial charge < -0.3 is 4.90 Å². The summed E-state index contributed by atoms with van der Waals surface area (Å²) >= 11 is 0.